The minimum Gasteiger partial charge on any atom is -0.480 e. The number of carboxylic acids is 1. The molecule has 6 nitrogen and oxygen atoms in total. The maximum atomic E-state index is 12.5. The molecule has 0 radical (unpaired) electrons. The third-order valence-corrected chi connectivity index (χ3v) is 3.02. The molecule has 0 spiro atoms. The fourth-order valence-corrected chi connectivity index (χ4v) is 1.92. The standard InChI is InChI=1S/C15H22N2O4/c1-16(2)9-10-17(11-13(18)19)15(20)14(21-3)12-7-5-4-6-8-12/h4-8,14H,9-11H2,1-3H3,(H,18,19). The van der Waals surface area contributed by atoms with Gasteiger partial charge in [0.15, 0.2) is 6.10 Å². The third kappa shape index (κ3) is 5.53. The van der Waals surface area contributed by atoms with Crippen LogP contribution in [-0.4, -0.2) is 67.6 Å². The number of rotatable bonds is 8. The van der Waals surface area contributed by atoms with Crippen LogP contribution < -0.4 is 0 Å². The lowest BCUT2D eigenvalue weighted by molar-refractivity contribution is -0.150. The smallest absolute Gasteiger partial charge is 0.323 e. The van der Waals surface area contributed by atoms with Crippen molar-refractivity contribution in [3.63, 3.8) is 0 Å². The van der Waals surface area contributed by atoms with E-state index in [1.54, 1.807) is 12.1 Å². The molecule has 116 valence electrons. The SMILES string of the molecule is COC(C(=O)N(CCN(C)C)CC(=O)O)c1ccccc1. The van der Waals surface area contributed by atoms with E-state index in [1.807, 2.05) is 37.2 Å². The van der Waals surface area contributed by atoms with Gasteiger partial charge in [0, 0.05) is 20.2 Å². The molecule has 0 aliphatic rings. The molecule has 1 rings (SSSR count). The summed E-state index contributed by atoms with van der Waals surface area (Å²) in [6, 6.07) is 9.06. The molecule has 0 saturated carbocycles. The summed E-state index contributed by atoms with van der Waals surface area (Å²) < 4.78 is 5.27. The Balaban J connectivity index is 2.88. The Labute approximate surface area is 124 Å². The zero-order valence-electron chi connectivity index (χ0n) is 12.7. The van der Waals surface area contributed by atoms with E-state index in [4.69, 9.17) is 9.84 Å². The number of amides is 1. The number of likely N-dealkylation sites (N-methyl/N-ethyl adjacent to an activating group) is 1. The summed E-state index contributed by atoms with van der Waals surface area (Å²) in [4.78, 5) is 26.7. The number of carboxylic acid groups (broad SMARTS) is 1. The first kappa shape index (κ1) is 17.1. The van der Waals surface area contributed by atoms with E-state index < -0.39 is 12.1 Å². The van der Waals surface area contributed by atoms with E-state index in [1.165, 1.54) is 12.0 Å². The van der Waals surface area contributed by atoms with Crippen molar-refractivity contribution in [2.45, 2.75) is 6.10 Å². The monoisotopic (exact) mass is 294 g/mol. The summed E-state index contributed by atoms with van der Waals surface area (Å²) in [6.45, 7) is 0.592. The highest BCUT2D eigenvalue weighted by Gasteiger charge is 2.26. The van der Waals surface area contributed by atoms with Crippen molar-refractivity contribution in [2.24, 2.45) is 0 Å². The van der Waals surface area contributed by atoms with Gasteiger partial charge < -0.3 is 19.6 Å². The van der Waals surface area contributed by atoms with Gasteiger partial charge in [-0.3, -0.25) is 9.59 Å². The van der Waals surface area contributed by atoms with Crippen LogP contribution in [0.25, 0.3) is 0 Å². The summed E-state index contributed by atoms with van der Waals surface area (Å²) in [5.41, 5.74) is 0.713. The number of aliphatic carboxylic acids is 1. The van der Waals surface area contributed by atoms with E-state index in [-0.39, 0.29) is 12.5 Å². The number of benzene rings is 1. The summed E-state index contributed by atoms with van der Waals surface area (Å²) in [5.74, 6) is -1.38. The first-order chi connectivity index (χ1) is 9.95. The number of nitrogens with zero attached hydrogens (tertiary/aromatic N) is 2. The van der Waals surface area contributed by atoms with Crippen molar-refractivity contribution < 1.29 is 19.4 Å². The average Bonchev–Trinajstić information content (AvgIpc) is 2.44. The Hall–Kier alpha value is -1.92. The molecule has 0 saturated heterocycles. The molecule has 1 amide bonds. The molecule has 1 unspecified atom stereocenters. The molecule has 1 aromatic rings. The highest BCUT2D eigenvalue weighted by Crippen LogP contribution is 2.19. The molecule has 0 heterocycles. The second kappa shape index (κ2) is 8.39. The van der Waals surface area contributed by atoms with Gasteiger partial charge in [0.25, 0.3) is 5.91 Å². The predicted molar refractivity (Wildman–Crippen MR) is 79.0 cm³/mol. The molecule has 0 fully saturated rings. The van der Waals surface area contributed by atoms with Crippen molar-refractivity contribution in [1.82, 2.24) is 9.80 Å². The van der Waals surface area contributed by atoms with Crippen molar-refractivity contribution in [3.8, 4) is 0 Å². The molecule has 1 N–H and O–H groups in total. The molecule has 0 aromatic heterocycles. The van der Waals surface area contributed by atoms with E-state index in [2.05, 4.69) is 0 Å². The van der Waals surface area contributed by atoms with Crippen LogP contribution in [0, 0.1) is 0 Å². The van der Waals surface area contributed by atoms with Crippen LogP contribution in [0.5, 0.6) is 0 Å². The van der Waals surface area contributed by atoms with E-state index >= 15 is 0 Å². The van der Waals surface area contributed by atoms with Crippen LogP contribution in [-0.2, 0) is 14.3 Å². The Kier molecular flexibility index (Phi) is 6.84. The molecule has 0 aliphatic heterocycles. The third-order valence-electron chi connectivity index (χ3n) is 3.02. The first-order valence-electron chi connectivity index (χ1n) is 6.68. The van der Waals surface area contributed by atoms with Gasteiger partial charge in [-0.1, -0.05) is 30.3 Å². The molecular weight excluding hydrogens is 272 g/mol. The fraction of sp³-hybridized carbons (Fsp3) is 0.467. The van der Waals surface area contributed by atoms with Crippen LogP contribution >= 0.6 is 0 Å². The Morgan fingerprint density at radius 1 is 1.19 bits per heavy atom. The van der Waals surface area contributed by atoms with Gasteiger partial charge in [-0.05, 0) is 19.7 Å². The Morgan fingerprint density at radius 2 is 1.81 bits per heavy atom. The van der Waals surface area contributed by atoms with Crippen LogP contribution in [0.15, 0.2) is 30.3 Å². The van der Waals surface area contributed by atoms with Gasteiger partial charge >= 0.3 is 5.97 Å². The van der Waals surface area contributed by atoms with Crippen LogP contribution in [0.1, 0.15) is 11.7 Å². The van der Waals surface area contributed by atoms with Crippen molar-refractivity contribution >= 4 is 11.9 Å². The number of ether oxygens (including phenoxy) is 1. The van der Waals surface area contributed by atoms with Gasteiger partial charge in [-0.2, -0.15) is 0 Å². The summed E-state index contributed by atoms with van der Waals surface area (Å²) >= 11 is 0. The van der Waals surface area contributed by atoms with Gasteiger partial charge in [0.05, 0.1) is 0 Å². The molecule has 1 aromatic carbocycles. The normalized spacial score (nSPS) is 12.2. The minimum atomic E-state index is -1.04. The number of hydrogen-bond donors (Lipinski definition) is 1. The highest BCUT2D eigenvalue weighted by molar-refractivity contribution is 5.85. The average molecular weight is 294 g/mol. The highest BCUT2D eigenvalue weighted by atomic mass is 16.5. The molecule has 0 aliphatic carbocycles. The molecule has 6 heteroatoms. The van der Waals surface area contributed by atoms with E-state index in [0.717, 1.165) is 0 Å². The van der Waals surface area contributed by atoms with Crippen LogP contribution in [0.3, 0.4) is 0 Å². The van der Waals surface area contributed by atoms with Crippen molar-refractivity contribution in [3.05, 3.63) is 35.9 Å². The number of methoxy groups -OCH3 is 1. The van der Waals surface area contributed by atoms with Gasteiger partial charge in [0.2, 0.25) is 0 Å². The maximum Gasteiger partial charge on any atom is 0.323 e. The summed E-state index contributed by atoms with van der Waals surface area (Å²) in [5, 5.41) is 8.97. The van der Waals surface area contributed by atoms with Gasteiger partial charge in [-0.15, -0.1) is 0 Å². The summed E-state index contributed by atoms with van der Waals surface area (Å²) in [7, 11) is 5.18. The topological polar surface area (TPSA) is 70.1 Å². The van der Waals surface area contributed by atoms with Crippen LogP contribution in [0.4, 0.5) is 0 Å². The quantitative estimate of drug-likeness (QED) is 0.769. The van der Waals surface area contributed by atoms with E-state index in [9.17, 15) is 9.59 Å². The van der Waals surface area contributed by atoms with Gasteiger partial charge in [-0.25, -0.2) is 0 Å². The van der Waals surface area contributed by atoms with E-state index in [0.29, 0.717) is 18.7 Å². The van der Waals surface area contributed by atoms with Crippen LogP contribution in [0.2, 0.25) is 0 Å². The number of hydrogen-bond acceptors (Lipinski definition) is 4. The van der Waals surface area contributed by atoms with Crippen molar-refractivity contribution in [1.29, 1.82) is 0 Å². The lowest BCUT2D eigenvalue weighted by Gasteiger charge is -2.26. The predicted octanol–water partition coefficient (Wildman–Crippen LogP) is 0.849. The molecule has 1 atom stereocenters. The largest absolute Gasteiger partial charge is 0.480 e. The Morgan fingerprint density at radius 3 is 2.29 bits per heavy atom. The summed E-state index contributed by atoms with van der Waals surface area (Å²) in [6.07, 6.45) is -0.785. The molecule has 21 heavy (non-hydrogen) atoms. The Bertz CT molecular complexity index is 462. The molecule has 0 bridgehead atoms. The first-order valence-corrected chi connectivity index (χ1v) is 6.68. The zero-order valence-corrected chi connectivity index (χ0v) is 12.7. The fourth-order valence-electron chi connectivity index (χ4n) is 1.92. The second-order valence-electron chi connectivity index (χ2n) is 4.98. The molecular formula is C15H22N2O4. The lowest BCUT2D eigenvalue weighted by atomic mass is 10.1. The second-order valence-corrected chi connectivity index (χ2v) is 4.98. The zero-order chi connectivity index (χ0) is 15.8. The lowest BCUT2D eigenvalue weighted by Crippen LogP contribution is -2.42. The number of carbonyl (C=O) groups is 2. The van der Waals surface area contributed by atoms with Crippen molar-refractivity contribution in [2.75, 3.05) is 40.8 Å². The number of carbonyl (C=O) groups excluding carboxylic acids is 1. The maximum absolute atomic E-state index is 12.5. The minimum absolute atomic E-state index is 0.334. The van der Waals surface area contributed by atoms with Gasteiger partial charge in [0.1, 0.15) is 6.54 Å².